The van der Waals surface area contributed by atoms with E-state index < -0.39 is 0 Å². The number of amides is 1. The summed E-state index contributed by atoms with van der Waals surface area (Å²) < 4.78 is 1.82. The number of aldehydes is 1. The fraction of sp³-hybridized carbons (Fsp3) is 0.125. The summed E-state index contributed by atoms with van der Waals surface area (Å²) in [4.78, 5) is 26.4. The second kappa shape index (κ2) is 8.78. The van der Waals surface area contributed by atoms with E-state index in [9.17, 15) is 14.7 Å². The minimum Gasteiger partial charge on any atom is -0.507 e. The number of benzene rings is 1. The predicted molar refractivity (Wildman–Crippen MR) is 126 cm³/mol. The zero-order valence-electron chi connectivity index (χ0n) is 17.5. The number of nitrogens with zero attached hydrogens (tertiary/aromatic N) is 3. The van der Waals surface area contributed by atoms with Crippen LogP contribution in [0.3, 0.4) is 0 Å². The molecule has 0 spiro atoms. The van der Waals surface area contributed by atoms with E-state index in [4.69, 9.17) is 0 Å². The summed E-state index contributed by atoms with van der Waals surface area (Å²) in [7, 11) is 1.50. The number of hydrogen-bond acceptors (Lipinski definition) is 6. The molecule has 1 aliphatic heterocycles. The highest BCUT2D eigenvalue weighted by atomic mass is 32.1. The maximum absolute atomic E-state index is 12.8. The van der Waals surface area contributed by atoms with Crippen LogP contribution in [0.5, 0.6) is 5.75 Å². The Labute approximate surface area is 189 Å². The van der Waals surface area contributed by atoms with Gasteiger partial charge in [0.15, 0.2) is 0 Å². The number of phenolic OH excluding ortho intramolecular Hbond substituents is 1. The van der Waals surface area contributed by atoms with Gasteiger partial charge >= 0.3 is 0 Å². The van der Waals surface area contributed by atoms with E-state index in [2.05, 4.69) is 23.5 Å². The van der Waals surface area contributed by atoms with Gasteiger partial charge in [-0.3, -0.25) is 9.59 Å². The highest BCUT2D eigenvalue weighted by Crippen LogP contribution is 2.39. The highest BCUT2D eigenvalue weighted by molar-refractivity contribution is 7.13. The topological polar surface area (TPSA) is 101 Å². The number of hydrogen-bond donors (Lipinski definition) is 2. The van der Waals surface area contributed by atoms with Gasteiger partial charge in [0.05, 0.1) is 17.3 Å². The van der Waals surface area contributed by atoms with Gasteiger partial charge in [-0.15, -0.1) is 11.3 Å². The molecule has 0 fully saturated rings. The van der Waals surface area contributed by atoms with Gasteiger partial charge in [0, 0.05) is 35.3 Å². The molecule has 3 aromatic heterocycles. The minimum absolute atomic E-state index is 0.0531. The summed E-state index contributed by atoms with van der Waals surface area (Å²) >= 11 is 1.65. The van der Waals surface area contributed by atoms with Crippen molar-refractivity contribution in [3.8, 4) is 27.3 Å². The Morgan fingerprint density at radius 3 is 2.81 bits per heavy atom. The van der Waals surface area contributed by atoms with Crippen molar-refractivity contribution in [2.45, 2.75) is 6.54 Å². The molecule has 7 nitrogen and oxygen atoms in total. The number of aromatic nitrogens is 2. The Morgan fingerprint density at radius 2 is 2.09 bits per heavy atom. The molecule has 0 aliphatic carbocycles. The smallest absolute Gasteiger partial charge is 0.258 e. The predicted octanol–water partition coefficient (Wildman–Crippen LogP) is 3.72. The summed E-state index contributed by atoms with van der Waals surface area (Å²) in [5.41, 5.74) is 9.67. The van der Waals surface area contributed by atoms with E-state index in [0.29, 0.717) is 18.4 Å². The Balaban J connectivity index is 0.00000119. The number of pyridine rings is 1. The maximum atomic E-state index is 12.8. The summed E-state index contributed by atoms with van der Waals surface area (Å²) in [6, 6.07) is 11.4. The van der Waals surface area contributed by atoms with Gasteiger partial charge in [0.2, 0.25) is 0 Å². The average Bonchev–Trinajstić information content (AvgIpc) is 3.55. The number of rotatable bonds is 5. The fourth-order valence-electron chi connectivity index (χ4n) is 3.91. The van der Waals surface area contributed by atoms with E-state index in [1.54, 1.807) is 17.4 Å². The Kier molecular flexibility index (Phi) is 5.89. The third-order valence-corrected chi connectivity index (χ3v) is 6.22. The number of carbonyl (C=O) groups excluding carboxylic acids is 2. The molecule has 0 atom stereocenters. The van der Waals surface area contributed by atoms with Crippen molar-refractivity contribution in [2.75, 3.05) is 13.6 Å². The van der Waals surface area contributed by atoms with Crippen molar-refractivity contribution in [1.82, 2.24) is 14.5 Å². The molecule has 1 aliphatic rings. The number of aromatic hydroxyl groups is 1. The number of nitrogens with two attached hydrogens (primary N) is 1. The quantitative estimate of drug-likeness (QED) is 0.359. The molecule has 32 heavy (non-hydrogen) atoms. The molecule has 0 saturated carbocycles. The van der Waals surface area contributed by atoms with Crippen LogP contribution in [0, 0.1) is 0 Å². The van der Waals surface area contributed by atoms with Gasteiger partial charge in [0.25, 0.3) is 5.91 Å². The Morgan fingerprint density at radius 1 is 1.28 bits per heavy atom. The lowest BCUT2D eigenvalue weighted by Gasteiger charge is -2.14. The Bertz CT molecular complexity index is 1320. The SMILES string of the molecule is C=C(C=O)CN1Cc2c(-c3ccn4ncc(-c5cccs5)c4c3)ccc(O)c2C1=O.CN. The van der Waals surface area contributed by atoms with Gasteiger partial charge < -0.3 is 15.7 Å². The van der Waals surface area contributed by atoms with Crippen LogP contribution in [0.25, 0.3) is 27.1 Å². The number of phenols is 1. The van der Waals surface area contributed by atoms with Gasteiger partial charge in [0.1, 0.15) is 12.0 Å². The molecular formula is C24H22N4O3S. The van der Waals surface area contributed by atoms with Crippen LogP contribution in [0.1, 0.15) is 15.9 Å². The maximum Gasteiger partial charge on any atom is 0.258 e. The third kappa shape index (κ3) is 3.59. The van der Waals surface area contributed by atoms with E-state index in [1.165, 1.54) is 11.9 Å². The monoisotopic (exact) mass is 446 g/mol. The summed E-state index contributed by atoms with van der Waals surface area (Å²) in [6.45, 7) is 4.12. The van der Waals surface area contributed by atoms with Crippen LogP contribution in [-0.4, -0.2) is 45.4 Å². The lowest BCUT2D eigenvalue weighted by molar-refractivity contribution is -0.105. The molecular weight excluding hydrogens is 424 g/mol. The first kappa shape index (κ1) is 21.5. The van der Waals surface area contributed by atoms with Gasteiger partial charge in [-0.05, 0) is 53.4 Å². The minimum atomic E-state index is -0.294. The van der Waals surface area contributed by atoms with Crippen LogP contribution >= 0.6 is 11.3 Å². The molecule has 0 unspecified atom stereocenters. The number of fused-ring (bicyclic) bond motifs is 2. The number of thiophene rings is 1. The van der Waals surface area contributed by atoms with Crippen LogP contribution in [0.4, 0.5) is 0 Å². The molecule has 162 valence electrons. The summed E-state index contributed by atoms with van der Waals surface area (Å²) in [5, 5.41) is 16.8. The van der Waals surface area contributed by atoms with Gasteiger partial charge in [-0.1, -0.05) is 18.7 Å². The zero-order valence-corrected chi connectivity index (χ0v) is 18.3. The van der Waals surface area contributed by atoms with E-state index in [0.717, 1.165) is 32.6 Å². The van der Waals surface area contributed by atoms with E-state index >= 15 is 0 Å². The Hall–Kier alpha value is -3.75. The molecule has 1 aromatic carbocycles. The first-order valence-corrected chi connectivity index (χ1v) is 10.8. The molecule has 0 bridgehead atoms. The molecule has 4 heterocycles. The molecule has 4 aromatic rings. The third-order valence-electron chi connectivity index (χ3n) is 5.32. The van der Waals surface area contributed by atoms with Crippen LogP contribution < -0.4 is 5.73 Å². The van der Waals surface area contributed by atoms with Crippen LogP contribution in [-0.2, 0) is 11.3 Å². The van der Waals surface area contributed by atoms with E-state index in [-0.39, 0.29) is 23.8 Å². The standard InChI is InChI=1S/C23H17N3O3S.CH5N/c1-14(13-27)11-25-12-18-16(4-5-20(28)22(18)23(25)29)15-6-7-26-19(9-15)17(10-24-26)21-3-2-8-30-21;1-2/h2-10,13,28H,1,11-12H2;2H2,1H3. The fourth-order valence-corrected chi connectivity index (χ4v) is 4.65. The lowest BCUT2D eigenvalue weighted by atomic mass is 9.96. The zero-order chi connectivity index (χ0) is 22.8. The summed E-state index contributed by atoms with van der Waals surface area (Å²) in [5.74, 6) is -0.347. The van der Waals surface area contributed by atoms with Gasteiger partial charge in [-0.25, -0.2) is 4.52 Å². The highest BCUT2D eigenvalue weighted by Gasteiger charge is 2.32. The van der Waals surface area contributed by atoms with Crippen molar-refractivity contribution in [2.24, 2.45) is 5.73 Å². The normalized spacial score (nSPS) is 12.4. The van der Waals surface area contributed by atoms with Crippen molar-refractivity contribution < 1.29 is 14.7 Å². The first-order valence-electron chi connectivity index (χ1n) is 9.93. The largest absolute Gasteiger partial charge is 0.507 e. The van der Waals surface area contributed by atoms with Crippen molar-refractivity contribution in [3.05, 3.63) is 77.5 Å². The van der Waals surface area contributed by atoms with E-state index in [1.807, 2.05) is 46.6 Å². The van der Waals surface area contributed by atoms with Crippen molar-refractivity contribution in [1.29, 1.82) is 0 Å². The second-order valence-electron chi connectivity index (χ2n) is 7.20. The molecule has 3 N–H and O–H groups in total. The van der Waals surface area contributed by atoms with Crippen molar-refractivity contribution in [3.63, 3.8) is 0 Å². The molecule has 0 radical (unpaired) electrons. The van der Waals surface area contributed by atoms with Crippen molar-refractivity contribution >= 4 is 29.0 Å². The van der Waals surface area contributed by atoms with Crippen LogP contribution in [0.15, 0.2) is 66.3 Å². The van der Waals surface area contributed by atoms with Crippen LogP contribution in [0.2, 0.25) is 0 Å². The molecule has 8 heteroatoms. The summed E-state index contributed by atoms with van der Waals surface area (Å²) in [6.07, 6.45) is 4.39. The second-order valence-corrected chi connectivity index (χ2v) is 8.15. The average molecular weight is 447 g/mol. The number of carbonyl (C=O) groups is 2. The molecule has 0 saturated heterocycles. The lowest BCUT2D eigenvalue weighted by Crippen LogP contribution is -2.26. The first-order chi connectivity index (χ1) is 15.6. The molecule has 5 rings (SSSR count). The van der Waals surface area contributed by atoms with Gasteiger partial charge in [-0.2, -0.15) is 5.10 Å². The molecule has 1 amide bonds.